The van der Waals surface area contributed by atoms with Gasteiger partial charge in [0.25, 0.3) is 0 Å². The van der Waals surface area contributed by atoms with Crippen molar-refractivity contribution in [2.45, 2.75) is 6.29 Å². The molecular weight excluding hydrogens is 210 g/mol. The van der Waals surface area contributed by atoms with Crippen molar-refractivity contribution in [1.82, 2.24) is 5.43 Å². The SMILES string of the molecule is COc1ccc(C2=N[N-]C([15NH][15NH2])N=N2)cc1. The molecule has 1 unspecified atom stereocenters. The van der Waals surface area contributed by atoms with Crippen molar-refractivity contribution in [3.05, 3.63) is 35.3 Å². The number of nitrogens with one attached hydrogen (secondary N) is 1. The number of amidine groups is 1. The molecule has 1 aromatic carbocycles. The van der Waals surface area contributed by atoms with Gasteiger partial charge < -0.3 is 15.3 Å². The molecule has 16 heavy (non-hydrogen) atoms. The number of rotatable bonds is 3. The molecule has 2 rings (SSSR count). The van der Waals surface area contributed by atoms with Gasteiger partial charge in [-0.1, -0.05) is 0 Å². The summed E-state index contributed by atoms with van der Waals surface area (Å²) in [4.78, 5) is 0. The van der Waals surface area contributed by atoms with Crippen LogP contribution in [0.4, 0.5) is 0 Å². The third kappa shape index (κ3) is 2.15. The molecule has 0 radical (unpaired) electrons. The second-order valence-electron chi connectivity index (χ2n) is 3.02. The second kappa shape index (κ2) is 4.69. The van der Waals surface area contributed by atoms with Crippen LogP contribution in [0.15, 0.2) is 39.6 Å². The molecule has 0 saturated heterocycles. The monoisotopic (exact) mass is 221 g/mol. The van der Waals surface area contributed by atoms with Crippen molar-refractivity contribution in [1.29, 1.82) is 0 Å². The Morgan fingerprint density at radius 1 is 1.38 bits per heavy atom. The average Bonchev–Trinajstić information content (AvgIpc) is 2.39. The maximum Gasteiger partial charge on any atom is 0.162 e. The van der Waals surface area contributed by atoms with Crippen LogP contribution in [-0.4, -0.2) is 19.2 Å². The Morgan fingerprint density at radius 3 is 2.62 bits per heavy atom. The van der Waals surface area contributed by atoms with Gasteiger partial charge in [-0.3, -0.25) is 11.3 Å². The van der Waals surface area contributed by atoms with E-state index in [4.69, 9.17) is 10.6 Å². The molecule has 1 aromatic rings. The van der Waals surface area contributed by atoms with Gasteiger partial charge >= 0.3 is 0 Å². The highest BCUT2D eigenvalue weighted by atomic mass is 16.5. The van der Waals surface area contributed by atoms with E-state index in [9.17, 15) is 0 Å². The first-order valence-electron chi connectivity index (χ1n) is 4.62. The molecular formula is C9H11N6O-. The molecule has 1 aliphatic rings. The van der Waals surface area contributed by atoms with E-state index in [1.165, 1.54) is 0 Å². The van der Waals surface area contributed by atoms with E-state index in [2.05, 4.69) is 26.2 Å². The third-order valence-electron chi connectivity index (χ3n) is 2.02. The minimum absolute atomic E-state index is 0.453. The van der Waals surface area contributed by atoms with Crippen LogP contribution >= 0.6 is 0 Å². The molecule has 3 N–H and O–H groups in total. The Hall–Kier alpha value is -1.99. The van der Waals surface area contributed by atoms with Crippen molar-refractivity contribution >= 4 is 5.84 Å². The first-order valence-corrected chi connectivity index (χ1v) is 4.62. The zero-order chi connectivity index (χ0) is 11.4. The summed E-state index contributed by atoms with van der Waals surface area (Å²) in [6.07, 6.45) is -0.595. The molecule has 1 aliphatic heterocycles. The zero-order valence-corrected chi connectivity index (χ0v) is 8.66. The molecule has 0 aromatic heterocycles. The maximum absolute atomic E-state index is 5.14. The number of nitrogens with zero attached hydrogens (tertiary/aromatic N) is 4. The van der Waals surface area contributed by atoms with E-state index in [0.29, 0.717) is 5.84 Å². The Bertz CT molecular complexity index is 413. The van der Waals surface area contributed by atoms with Gasteiger partial charge in [0.2, 0.25) is 0 Å². The number of benzene rings is 1. The normalized spacial score (nSPS) is 18.9. The van der Waals surface area contributed by atoms with E-state index in [1.807, 2.05) is 24.3 Å². The highest BCUT2D eigenvalue weighted by Gasteiger charge is 2.04. The van der Waals surface area contributed by atoms with Gasteiger partial charge in [-0.15, -0.1) is 5.11 Å². The van der Waals surface area contributed by atoms with E-state index in [0.717, 1.165) is 11.3 Å². The largest absolute Gasteiger partial charge is 0.565 e. The van der Waals surface area contributed by atoms with Crippen LogP contribution in [0.3, 0.4) is 0 Å². The fourth-order valence-electron chi connectivity index (χ4n) is 1.18. The lowest BCUT2D eigenvalue weighted by molar-refractivity contribution is 0.415. The lowest BCUT2D eigenvalue weighted by Gasteiger charge is -2.26. The quantitative estimate of drug-likeness (QED) is 0.451. The van der Waals surface area contributed by atoms with E-state index < -0.39 is 6.29 Å². The summed E-state index contributed by atoms with van der Waals surface area (Å²) in [5.74, 6) is 6.37. The molecule has 0 aliphatic carbocycles. The summed E-state index contributed by atoms with van der Waals surface area (Å²) in [7, 11) is 1.61. The average molecular weight is 221 g/mol. The Labute approximate surface area is 92.4 Å². The first kappa shape index (κ1) is 10.5. The molecule has 0 fully saturated rings. The van der Waals surface area contributed by atoms with Gasteiger partial charge in [0.1, 0.15) is 5.75 Å². The van der Waals surface area contributed by atoms with Crippen LogP contribution in [0.25, 0.3) is 5.43 Å². The van der Waals surface area contributed by atoms with Crippen LogP contribution in [0.5, 0.6) is 5.75 Å². The third-order valence-corrected chi connectivity index (χ3v) is 2.02. The second-order valence-corrected chi connectivity index (χ2v) is 3.02. The van der Waals surface area contributed by atoms with E-state index in [-0.39, 0.29) is 0 Å². The Balaban J connectivity index is 2.14. The summed E-state index contributed by atoms with van der Waals surface area (Å²) >= 11 is 0. The number of hydrogen-bond acceptors (Lipinski definition) is 6. The van der Waals surface area contributed by atoms with Crippen molar-refractivity contribution in [2.75, 3.05) is 7.11 Å². The molecule has 84 valence electrons. The fraction of sp³-hybridized carbons (Fsp3) is 0.222. The number of hydrogen-bond donors (Lipinski definition) is 2. The van der Waals surface area contributed by atoms with Crippen molar-refractivity contribution < 1.29 is 4.74 Å². The van der Waals surface area contributed by atoms with Gasteiger partial charge in [0.05, 0.1) is 13.4 Å². The van der Waals surface area contributed by atoms with Crippen molar-refractivity contribution in [3.63, 3.8) is 0 Å². The molecule has 0 bridgehead atoms. The van der Waals surface area contributed by atoms with Crippen LogP contribution in [0.2, 0.25) is 0 Å². The van der Waals surface area contributed by atoms with Crippen LogP contribution in [0.1, 0.15) is 5.56 Å². The van der Waals surface area contributed by atoms with E-state index >= 15 is 0 Å². The van der Waals surface area contributed by atoms with Gasteiger partial charge in [0.15, 0.2) is 5.84 Å². The summed E-state index contributed by atoms with van der Waals surface area (Å²) < 4.78 is 5.05. The summed E-state index contributed by atoms with van der Waals surface area (Å²) in [5, 5.41) is 11.6. The van der Waals surface area contributed by atoms with Crippen LogP contribution in [-0.2, 0) is 0 Å². The highest BCUT2D eigenvalue weighted by molar-refractivity contribution is 5.99. The number of nitrogens with two attached hydrogens (primary N) is 1. The zero-order valence-electron chi connectivity index (χ0n) is 8.66. The summed E-state index contributed by atoms with van der Waals surface area (Å²) in [6, 6.07) is 7.31. The van der Waals surface area contributed by atoms with Gasteiger partial charge in [-0.05, 0) is 24.3 Å². The van der Waals surface area contributed by atoms with E-state index in [1.54, 1.807) is 7.11 Å². The molecule has 1 atom stereocenters. The van der Waals surface area contributed by atoms with Crippen molar-refractivity contribution in [2.24, 2.45) is 21.2 Å². The Morgan fingerprint density at radius 2 is 2.12 bits per heavy atom. The minimum atomic E-state index is -0.595. The first-order chi connectivity index (χ1) is 7.83. The van der Waals surface area contributed by atoms with Gasteiger partial charge in [-0.25, -0.2) is 0 Å². The highest BCUT2D eigenvalue weighted by Crippen LogP contribution is 2.16. The summed E-state index contributed by atoms with van der Waals surface area (Å²) in [6.45, 7) is 0. The van der Waals surface area contributed by atoms with Crippen LogP contribution < -0.4 is 16.0 Å². The molecule has 7 heteroatoms. The Kier molecular flexibility index (Phi) is 3.08. The number of hydrazine groups is 1. The number of ether oxygens (including phenoxy) is 1. The molecule has 0 saturated carbocycles. The minimum Gasteiger partial charge on any atom is -0.565 e. The predicted octanol–water partition coefficient (Wildman–Crippen LogP) is 0.943. The lowest BCUT2D eigenvalue weighted by atomic mass is 10.2. The molecule has 1 heterocycles. The predicted molar refractivity (Wildman–Crippen MR) is 58.9 cm³/mol. The van der Waals surface area contributed by atoms with Gasteiger partial charge in [-0.2, -0.15) is 5.11 Å². The lowest BCUT2D eigenvalue weighted by Crippen LogP contribution is -2.33. The molecule has 7 nitrogen and oxygen atoms in total. The molecule has 0 amide bonds. The van der Waals surface area contributed by atoms with Crippen LogP contribution in [0, 0.1) is 0 Å². The molecule has 0 spiro atoms. The number of methoxy groups -OCH3 is 1. The summed E-state index contributed by atoms with van der Waals surface area (Å²) in [5.41, 5.74) is 6.97. The standard InChI is InChI=1S/C9H11N6O/c1-16-7-4-2-6(3-5-7)8-12-14-9(11-10)15-13-8/h2-5,9,11H,10H2,1H3/q-1/i10+1,11+1. The maximum atomic E-state index is 5.14. The topological polar surface area (TPSA) is 98.5 Å². The fourth-order valence-corrected chi connectivity index (χ4v) is 1.18. The van der Waals surface area contributed by atoms with Crippen molar-refractivity contribution in [3.8, 4) is 5.75 Å². The number of azo groups is 1. The van der Waals surface area contributed by atoms with Gasteiger partial charge in [0, 0.05) is 5.56 Å². The smallest absolute Gasteiger partial charge is 0.162 e.